The molecular weight excluding hydrogens is 282 g/mol. The molecule has 1 saturated heterocycles. The number of hydrogen-bond acceptors (Lipinski definition) is 5. The molecule has 0 saturated carbocycles. The van der Waals surface area contributed by atoms with Crippen molar-refractivity contribution in [2.24, 2.45) is 11.7 Å². The summed E-state index contributed by atoms with van der Waals surface area (Å²) in [6.45, 7) is 2.96. The van der Waals surface area contributed by atoms with Crippen LogP contribution in [-0.2, 0) is 16.6 Å². The van der Waals surface area contributed by atoms with Crippen LogP contribution in [0.2, 0.25) is 0 Å². The highest BCUT2D eigenvalue weighted by atomic mass is 32.2. The molecule has 0 amide bonds. The van der Waals surface area contributed by atoms with Crippen molar-refractivity contribution in [2.75, 3.05) is 26.7 Å². The fraction of sp³-hybridized carbons (Fsp3) is 0.667. The molecule has 1 aliphatic heterocycles. The lowest BCUT2D eigenvalue weighted by Crippen LogP contribution is -2.38. The first-order valence-corrected chi connectivity index (χ1v) is 8.78. The zero-order valence-electron chi connectivity index (χ0n) is 11.1. The Morgan fingerprint density at radius 2 is 2.32 bits per heavy atom. The maximum absolute atomic E-state index is 12.1. The summed E-state index contributed by atoms with van der Waals surface area (Å²) in [4.78, 5) is 3.14. The van der Waals surface area contributed by atoms with E-state index in [4.69, 9.17) is 5.73 Å². The van der Waals surface area contributed by atoms with Crippen LogP contribution in [0.3, 0.4) is 0 Å². The molecule has 1 unspecified atom stereocenters. The number of thiophene rings is 1. The summed E-state index contributed by atoms with van der Waals surface area (Å²) >= 11 is 1.24. The Morgan fingerprint density at radius 1 is 1.53 bits per heavy atom. The molecule has 0 spiro atoms. The topological polar surface area (TPSA) is 75.4 Å². The molecule has 0 aromatic carbocycles. The van der Waals surface area contributed by atoms with Crippen molar-refractivity contribution in [1.29, 1.82) is 0 Å². The molecule has 0 radical (unpaired) electrons. The normalized spacial score (nSPS) is 21.7. The van der Waals surface area contributed by atoms with E-state index in [1.165, 1.54) is 11.3 Å². The predicted octanol–water partition coefficient (Wildman–Crippen LogP) is 0.827. The van der Waals surface area contributed by atoms with Crippen LogP contribution in [0, 0.1) is 5.92 Å². The van der Waals surface area contributed by atoms with Crippen molar-refractivity contribution >= 4 is 21.4 Å². The summed E-state index contributed by atoms with van der Waals surface area (Å²) in [6, 6.07) is 3.40. The van der Waals surface area contributed by atoms with Gasteiger partial charge in [-0.05, 0) is 44.5 Å². The van der Waals surface area contributed by atoms with Crippen molar-refractivity contribution < 1.29 is 8.42 Å². The van der Waals surface area contributed by atoms with Gasteiger partial charge in [0.05, 0.1) is 0 Å². The number of nitrogens with one attached hydrogen (secondary N) is 1. The second-order valence-corrected chi connectivity index (χ2v) is 8.21. The molecule has 2 rings (SSSR count). The lowest BCUT2D eigenvalue weighted by molar-refractivity contribution is 0.211. The van der Waals surface area contributed by atoms with E-state index in [1.807, 2.05) is 0 Å². The Hall–Kier alpha value is -0.470. The monoisotopic (exact) mass is 303 g/mol. The third-order valence-electron chi connectivity index (χ3n) is 3.39. The SMILES string of the molecule is CN1CCCC(CNS(=O)(=O)c2ccc(CN)s2)C1. The van der Waals surface area contributed by atoms with Crippen molar-refractivity contribution in [2.45, 2.75) is 23.6 Å². The molecule has 1 aromatic rings. The molecule has 1 fully saturated rings. The van der Waals surface area contributed by atoms with Gasteiger partial charge in [0, 0.05) is 24.5 Å². The minimum atomic E-state index is -3.37. The Balaban J connectivity index is 1.93. The molecule has 1 aromatic heterocycles. The van der Waals surface area contributed by atoms with E-state index in [2.05, 4.69) is 16.7 Å². The third-order valence-corrected chi connectivity index (χ3v) is 6.41. The first kappa shape index (κ1) is 14.9. The molecule has 1 atom stereocenters. The summed E-state index contributed by atoms with van der Waals surface area (Å²) in [7, 11) is -1.30. The molecule has 7 heteroatoms. The number of nitrogens with two attached hydrogens (primary N) is 1. The van der Waals surface area contributed by atoms with E-state index in [9.17, 15) is 8.42 Å². The molecule has 108 valence electrons. The molecule has 3 N–H and O–H groups in total. The van der Waals surface area contributed by atoms with Crippen LogP contribution in [0.1, 0.15) is 17.7 Å². The quantitative estimate of drug-likeness (QED) is 0.845. The van der Waals surface area contributed by atoms with Crippen LogP contribution in [0.4, 0.5) is 0 Å². The van der Waals surface area contributed by atoms with Crippen LogP contribution in [0.5, 0.6) is 0 Å². The van der Waals surface area contributed by atoms with Gasteiger partial charge in [-0.15, -0.1) is 11.3 Å². The summed E-state index contributed by atoms with van der Waals surface area (Å²) in [5.41, 5.74) is 5.50. The highest BCUT2D eigenvalue weighted by Crippen LogP contribution is 2.21. The van der Waals surface area contributed by atoms with Crippen LogP contribution >= 0.6 is 11.3 Å². The summed E-state index contributed by atoms with van der Waals surface area (Å²) < 4.78 is 27.3. The standard InChI is InChI=1S/C12H21N3O2S2/c1-15-6-2-3-10(9-15)8-14-19(16,17)12-5-4-11(7-13)18-12/h4-5,10,14H,2-3,6-9,13H2,1H3. The first-order chi connectivity index (χ1) is 9.01. The minimum absolute atomic E-state index is 0.358. The van der Waals surface area contributed by atoms with Crippen molar-refractivity contribution in [1.82, 2.24) is 9.62 Å². The van der Waals surface area contributed by atoms with Gasteiger partial charge in [0.25, 0.3) is 0 Å². The zero-order valence-corrected chi connectivity index (χ0v) is 12.8. The van der Waals surface area contributed by atoms with E-state index in [1.54, 1.807) is 12.1 Å². The van der Waals surface area contributed by atoms with E-state index < -0.39 is 10.0 Å². The smallest absolute Gasteiger partial charge is 0.250 e. The van der Waals surface area contributed by atoms with Crippen LogP contribution < -0.4 is 10.5 Å². The molecule has 0 aliphatic carbocycles. The largest absolute Gasteiger partial charge is 0.326 e. The highest BCUT2D eigenvalue weighted by molar-refractivity contribution is 7.91. The second-order valence-electron chi connectivity index (χ2n) is 5.05. The third kappa shape index (κ3) is 4.00. The number of nitrogens with zero attached hydrogens (tertiary/aromatic N) is 1. The van der Waals surface area contributed by atoms with Gasteiger partial charge < -0.3 is 10.6 Å². The van der Waals surface area contributed by atoms with E-state index in [0.717, 1.165) is 30.8 Å². The van der Waals surface area contributed by atoms with Gasteiger partial charge in [0.1, 0.15) is 4.21 Å². The molecular formula is C12H21N3O2S2. The van der Waals surface area contributed by atoms with Gasteiger partial charge in [-0.1, -0.05) is 0 Å². The molecule has 2 heterocycles. The van der Waals surface area contributed by atoms with Gasteiger partial charge in [0.2, 0.25) is 10.0 Å². The number of piperidine rings is 1. The van der Waals surface area contributed by atoms with Crippen molar-refractivity contribution in [3.8, 4) is 0 Å². The van der Waals surface area contributed by atoms with Gasteiger partial charge in [-0.25, -0.2) is 13.1 Å². The first-order valence-electron chi connectivity index (χ1n) is 6.48. The average Bonchev–Trinajstić information content (AvgIpc) is 2.86. The van der Waals surface area contributed by atoms with Gasteiger partial charge >= 0.3 is 0 Å². The number of rotatable bonds is 5. The zero-order chi connectivity index (χ0) is 13.9. The lowest BCUT2D eigenvalue weighted by atomic mass is 9.99. The Bertz CT molecular complexity index is 513. The van der Waals surface area contributed by atoms with Crippen molar-refractivity contribution in [3.05, 3.63) is 17.0 Å². The number of hydrogen-bond donors (Lipinski definition) is 2. The van der Waals surface area contributed by atoms with Gasteiger partial charge in [0.15, 0.2) is 0 Å². The fourth-order valence-electron chi connectivity index (χ4n) is 2.35. The predicted molar refractivity (Wildman–Crippen MR) is 77.6 cm³/mol. The average molecular weight is 303 g/mol. The summed E-state index contributed by atoms with van der Waals surface area (Å²) in [5, 5.41) is 0. The molecule has 19 heavy (non-hydrogen) atoms. The molecule has 1 aliphatic rings. The Labute approximate surface area is 118 Å². The number of likely N-dealkylation sites (tertiary alicyclic amines) is 1. The second kappa shape index (κ2) is 6.32. The van der Waals surface area contributed by atoms with Gasteiger partial charge in [-0.2, -0.15) is 0 Å². The summed E-state index contributed by atoms with van der Waals surface area (Å²) in [5.74, 6) is 0.405. The minimum Gasteiger partial charge on any atom is -0.326 e. The van der Waals surface area contributed by atoms with Crippen LogP contribution in [-0.4, -0.2) is 40.0 Å². The Morgan fingerprint density at radius 3 is 2.95 bits per heavy atom. The number of sulfonamides is 1. The van der Waals surface area contributed by atoms with Crippen LogP contribution in [0.25, 0.3) is 0 Å². The maximum atomic E-state index is 12.1. The maximum Gasteiger partial charge on any atom is 0.250 e. The van der Waals surface area contributed by atoms with E-state index >= 15 is 0 Å². The molecule has 0 bridgehead atoms. The van der Waals surface area contributed by atoms with E-state index in [0.29, 0.717) is 23.2 Å². The van der Waals surface area contributed by atoms with Gasteiger partial charge in [-0.3, -0.25) is 0 Å². The van der Waals surface area contributed by atoms with Crippen LogP contribution in [0.15, 0.2) is 16.3 Å². The van der Waals surface area contributed by atoms with E-state index in [-0.39, 0.29) is 0 Å². The fourth-order valence-corrected chi connectivity index (χ4v) is 4.75. The highest BCUT2D eigenvalue weighted by Gasteiger charge is 2.21. The lowest BCUT2D eigenvalue weighted by Gasteiger charge is -2.29. The Kier molecular flexibility index (Phi) is 4.97. The summed E-state index contributed by atoms with van der Waals surface area (Å²) in [6.07, 6.45) is 2.23. The van der Waals surface area contributed by atoms with Crippen molar-refractivity contribution in [3.63, 3.8) is 0 Å². The molecule has 5 nitrogen and oxygen atoms in total.